The molecule has 0 aliphatic carbocycles. The number of nitrogens with two attached hydrogens (primary N) is 1. The molecular weight excluding hydrogens is 192 g/mol. The Kier molecular flexibility index (Phi) is 3.31. The van der Waals surface area contributed by atoms with E-state index in [-0.39, 0.29) is 0 Å². The predicted molar refractivity (Wildman–Crippen MR) is 55.1 cm³/mol. The van der Waals surface area contributed by atoms with Gasteiger partial charge in [-0.05, 0) is 12.1 Å². The van der Waals surface area contributed by atoms with Crippen LogP contribution in [0.2, 0.25) is 0 Å². The van der Waals surface area contributed by atoms with Crippen LogP contribution in [-0.4, -0.2) is 6.03 Å². The van der Waals surface area contributed by atoms with Crippen LogP contribution >= 0.6 is 22.6 Å². The molecule has 0 saturated carbocycles. The van der Waals surface area contributed by atoms with Crippen LogP contribution in [0.15, 0.2) is 30.3 Å². The largest absolute Gasteiger partial charge is 0.350 e. The number of hydrogen-bond acceptors (Lipinski definition) is 3. The molecule has 0 atom stereocenters. The monoisotopic (exact) mass is 200 g/mol. The van der Waals surface area contributed by atoms with E-state index in [1.807, 2.05) is 18.2 Å². The minimum Gasteiger partial charge on any atom is -0.350 e. The highest BCUT2D eigenvalue weighted by Crippen LogP contribution is 2.23. The fourth-order valence-electron chi connectivity index (χ4n) is 0.778. The molecule has 0 aliphatic rings. The molecule has 1 rings (SSSR count). The van der Waals surface area contributed by atoms with Crippen LogP contribution in [0, 0.1) is 0 Å². The average molecular weight is 200 g/mol. The molecule has 12 heavy (non-hydrogen) atoms. The summed E-state index contributed by atoms with van der Waals surface area (Å²) in [5.41, 5.74) is 5.82. The van der Waals surface area contributed by atoms with Crippen molar-refractivity contribution >= 4 is 34.4 Å². The van der Waals surface area contributed by atoms with E-state index in [9.17, 15) is 4.79 Å². The Balaban J connectivity index is 2.88. The average Bonchev–Trinajstić information content (AvgIpc) is 2.07. The number of thiol groups is 1. The van der Waals surface area contributed by atoms with Gasteiger partial charge in [-0.3, -0.25) is 0 Å². The first-order valence-corrected chi connectivity index (χ1v) is 5.04. The third-order valence-corrected chi connectivity index (χ3v) is 2.32. The van der Waals surface area contributed by atoms with Crippen LogP contribution in [0.3, 0.4) is 0 Å². The first-order valence-electron chi connectivity index (χ1n) is 3.22. The molecule has 3 nitrogen and oxygen atoms in total. The zero-order valence-electron chi connectivity index (χ0n) is 6.18. The number of para-hydroxylation sites is 1. The van der Waals surface area contributed by atoms with Gasteiger partial charge in [-0.15, -0.1) is 0 Å². The molecular formula is C7H8N2OS2. The van der Waals surface area contributed by atoms with Crippen molar-refractivity contribution < 1.29 is 4.79 Å². The van der Waals surface area contributed by atoms with Gasteiger partial charge in [0.1, 0.15) is 0 Å². The molecule has 0 aliphatic heterocycles. The summed E-state index contributed by atoms with van der Waals surface area (Å²) in [5, 5.41) is 0. The molecule has 0 aromatic heterocycles. The fourth-order valence-corrected chi connectivity index (χ4v) is 1.60. The third-order valence-electron chi connectivity index (χ3n) is 1.27. The van der Waals surface area contributed by atoms with Gasteiger partial charge in [0.05, 0.1) is 5.69 Å². The van der Waals surface area contributed by atoms with E-state index in [1.54, 1.807) is 12.1 Å². The van der Waals surface area contributed by atoms with Crippen molar-refractivity contribution in [1.82, 2.24) is 0 Å². The second-order valence-corrected chi connectivity index (χ2v) is 3.07. The van der Waals surface area contributed by atoms with E-state index >= 15 is 0 Å². The van der Waals surface area contributed by atoms with Crippen LogP contribution in [0.1, 0.15) is 0 Å². The number of carbonyl (C=O) groups is 1. The number of hydrogen-bond donors (Lipinski definition) is 2. The van der Waals surface area contributed by atoms with Gasteiger partial charge in [0.15, 0.2) is 0 Å². The lowest BCUT2D eigenvalue weighted by atomic mass is 10.3. The summed E-state index contributed by atoms with van der Waals surface area (Å²) in [7, 11) is 0.984. The molecule has 0 saturated heterocycles. The lowest BCUT2D eigenvalue weighted by Crippen LogP contribution is -2.28. The van der Waals surface area contributed by atoms with Crippen molar-refractivity contribution in [3.05, 3.63) is 30.3 Å². The van der Waals surface area contributed by atoms with Crippen LogP contribution in [0.5, 0.6) is 0 Å². The number of anilines is 1. The molecule has 5 heteroatoms. The maximum atomic E-state index is 10.8. The van der Waals surface area contributed by atoms with E-state index in [2.05, 4.69) is 11.7 Å². The third kappa shape index (κ3) is 2.09. The topological polar surface area (TPSA) is 46.3 Å². The Morgan fingerprint density at radius 1 is 1.42 bits per heavy atom. The fraction of sp³-hybridized carbons (Fsp3) is 0. The Labute approximate surface area is 79.9 Å². The van der Waals surface area contributed by atoms with Crippen LogP contribution < -0.4 is 10.0 Å². The van der Waals surface area contributed by atoms with E-state index in [0.29, 0.717) is 0 Å². The first kappa shape index (κ1) is 9.28. The summed E-state index contributed by atoms with van der Waals surface area (Å²) >= 11 is 3.91. The number of rotatable bonds is 2. The SMILES string of the molecule is NC(=O)N(SS)c1ccccc1. The van der Waals surface area contributed by atoms with Gasteiger partial charge in [0, 0.05) is 11.0 Å². The number of carbonyl (C=O) groups excluding carboxylic acids is 1. The van der Waals surface area contributed by atoms with Gasteiger partial charge in [-0.2, -0.15) is 0 Å². The molecule has 0 bridgehead atoms. The van der Waals surface area contributed by atoms with Crippen LogP contribution in [-0.2, 0) is 0 Å². The summed E-state index contributed by atoms with van der Waals surface area (Å²) in [6.45, 7) is 0. The van der Waals surface area contributed by atoms with Crippen molar-refractivity contribution in [2.45, 2.75) is 0 Å². The van der Waals surface area contributed by atoms with E-state index in [0.717, 1.165) is 16.7 Å². The number of urea groups is 1. The van der Waals surface area contributed by atoms with Crippen molar-refractivity contribution in [1.29, 1.82) is 0 Å². The van der Waals surface area contributed by atoms with Gasteiger partial charge in [-0.1, -0.05) is 29.9 Å². The first-order chi connectivity index (χ1) is 5.75. The highest BCUT2D eigenvalue weighted by atomic mass is 33.1. The molecule has 2 N–H and O–H groups in total. The van der Waals surface area contributed by atoms with Crippen LogP contribution in [0.4, 0.5) is 10.5 Å². The molecule has 0 fully saturated rings. The van der Waals surface area contributed by atoms with E-state index in [1.165, 1.54) is 4.31 Å². The van der Waals surface area contributed by atoms with Crippen LogP contribution in [0.25, 0.3) is 0 Å². The van der Waals surface area contributed by atoms with Crippen molar-refractivity contribution in [3.8, 4) is 0 Å². The van der Waals surface area contributed by atoms with Gasteiger partial charge >= 0.3 is 6.03 Å². The molecule has 1 aromatic rings. The molecule has 0 radical (unpaired) electrons. The van der Waals surface area contributed by atoms with Gasteiger partial charge in [0.25, 0.3) is 0 Å². The maximum absolute atomic E-state index is 10.8. The molecule has 1 aromatic carbocycles. The van der Waals surface area contributed by atoms with Crippen molar-refractivity contribution in [2.75, 3.05) is 4.31 Å². The van der Waals surface area contributed by atoms with E-state index < -0.39 is 6.03 Å². The van der Waals surface area contributed by atoms with Gasteiger partial charge in [-0.25, -0.2) is 9.10 Å². The number of amides is 2. The Morgan fingerprint density at radius 3 is 2.42 bits per heavy atom. The zero-order chi connectivity index (χ0) is 8.97. The summed E-state index contributed by atoms with van der Waals surface area (Å²) in [6, 6.07) is 8.57. The smallest absolute Gasteiger partial charge is 0.330 e. The Morgan fingerprint density at radius 2 is 2.00 bits per heavy atom. The Hall–Kier alpha value is -0.810. The van der Waals surface area contributed by atoms with Gasteiger partial charge < -0.3 is 5.73 Å². The minimum absolute atomic E-state index is 0.527. The normalized spacial score (nSPS) is 9.42. The lowest BCUT2D eigenvalue weighted by molar-refractivity contribution is 0.257. The second-order valence-electron chi connectivity index (χ2n) is 2.05. The molecule has 0 heterocycles. The Bertz CT molecular complexity index is 265. The van der Waals surface area contributed by atoms with Crippen molar-refractivity contribution in [2.24, 2.45) is 5.73 Å². The summed E-state index contributed by atoms with van der Waals surface area (Å²) < 4.78 is 1.29. The molecule has 2 amide bonds. The maximum Gasteiger partial charge on any atom is 0.330 e. The number of nitrogens with zero attached hydrogens (tertiary/aromatic N) is 1. The minimum atomic E-state index is -0.527. The number of benzene rings is 1. The zero-order valence-corrected chi connectivity index (χ0v) is 7.89. The molecule has 64 valence electrons. The summed E-state index contributed by atoms with van der Waals surface area (Å²) in [4.78, 5) is 10.8. The highest BCUT2D eigenvalue weighted by Gasteiger charge is 2.09. The lowest BCUT2D eigenvalue weighted by Gasteiger charge is -2.14. The van der Waals surface area contributed by atoms with E-state index in [4.69, 9.17) is 5.73 Å². The molecule has 0 spiro atoms. The molecule has 0 unspecified atom stereocenters. The summed E-state index contributed by atoms with van der Waals surface area (Å²) in [5.74, 6) is 0. The van der Waals surface area contributed by atoms with Crippen molar-refractivity contribution in [3.63, 3.8) is 0 Å². The number of primary amides is 1. The van der Waals surface area contributed by atoms with Gasteiger partial charge in [0.2, 0.25) is 0 Å². The predicted octanol–water partition coefficient (Wildman–Crippen LogP) is 2.06. The summed E-state index contributed by atoms with van der Waals surface area (Å²) in [6.07, 6.45) is 0. The second kappa shape index (κ2) is 4.27. The standard InChI is InChI=1S/C7H8N2OS2/c8-7(10)9(12-11)6-4-2-1-3-5-6/h1-5,11H,(H2,8,10). The highest BCUT2D eigenvalue weighted by molar-refractivity contribution is 8.69. The quantitative estimate of drug-likeness (QED) is 0.436.